The summed E-state index contributed by atoms with van der Waals surface area (Å²) in [5.41, 5.74) is 0. The molecule has 8 heavy (non-hydrogen) atoms. The minimum absolute atomic E-state index is 0.431. The van der Waals surface area contributed by atoms with Gasteiger partial charge in [0.25, 0.3) is 0 Å². The van der Waals surface area contributed by atoms with Gasteiger partial charge in [0.05, 0.1) is 0 Å². The van der Waals surface area contributed by atoms with Crippen molar-refractivity contribution >= 4 is 17.0 Å². The van der Waals surface area contributed by atoms with E-state index in [4.69, 9.17) is 17.0 Å². The molecule has 0 aliphatic heterocycles. The molecule has 0 aromatic heterocycles. The van der Waals surface area contributed by atoms with Crippen LogP contribution in [-0.2, 0) is 19.4 Å². The Hall–Kier alpha value is 0.943. The maximum atomic E-state index is 5.74. The molecule has 0 amide bonds. The van der Waals surface area contributed by atoms with Crippen molar-refractivity contribution < 1.29 is 19.4 Å². The van der Waals surface area contributed by atoms with Gasteiger partial charge in [0, 0.05) is 0 Å². The first-order valence-electron chi connectivity index (χ1n) is 2.33. The Morgan fingerprint density at radius 1 is 1.12 bits per heavy atom. The Morgan fingerprint density at radius 2 is 1.62 bits per heavy atom. The molecular formula is C5H5Cl2Zr. The second-order valence-electron chi connectivity index (χ2n) is 1.59. The van der Waals surface area contributed by atoms with Gasteiger partial charge in [-0.25, -0.2) is 0 Å². The summed E-state index contributed by atoms with van der Waals surface area (Å²) in [6.07, 6.45) is 8.12. The number of halogens is 2. The third kappa shape index (κ3) is 1.72. The molecule has 0 aromatic rings. The molecule has 0 nitrogen and oxygen atoms in total. The standard InChI is InChI=1S/C5H5.2ClH.Zr/c1-2-4-5-3-1;;;/h1-5H;2*1H;/q;;;+2/p-2. The Bertz CT molecular complexity index is 116. The van der Waals surface area contributed by atoms with E-state index >= 15 is 0 Å². The van der Waals surface area contributed by atoms with E-state index in [0.29, 0.717) is 3.63 Å². The molecule has 0 spiro atoms. The van der Waals surface area contributed by atoms with Gasteiger partial charge in [-0.15, -0.1) is 0 Å². The second kappa shape index (κ2) is 3.20. The molecule has 0 bridgehead atoms. The normalized spacial score (nSPS) is 17.8. The van der Waals surface area contributed by atoms with Gasteiger partial charge in [0.15, 0.2) is 0 Å². The minimum atomic E-state index is -1.94. The predicted molar refractivity (Wildman–Crippen MR) is 33.7 cm³/mol. The zero-order valence-corrected chi connectivity index (χ0v) is 8.11. The van der Waals surface area contributed by atoms with E-state index in [1.54, 1.807) is 0 Å². The third-order valence-electron chi connectivity index (χ3n) is 1.000. The first-order valence-corrected chi connectivity index (χ1v) is 10.1. The first kappa shape index (κ1) is 7.05. The molecule has 3 heteroatoms. The van der Waals surface area contributed by atoms with Crippen molar-refractivity contribution in [3.63, 3.8) is 0 Å². The number of allylic oxidation sites excluding steroid dienone is 4. The molecule has 43 valence electrons. The fraction of sp³-hybridized carbons (Fsp3) is 0.200. The zero-order chi connectivity index (χ0) is 5.98. The van der Waals surface area contributed by atoms with E-state index in [1.807, 2.05) is 12.2 Å². The van der Waals surface area contributed by atoms with E-state index in [1.165, 1.54) is 0 Å². The van der Waals surface area contributed by atoms with Crippen LogP contribution in [0.1, 0.15) is 0 Å². The van der Waals surface area contributed by atoms with Crippen LogP contribution in [0.4, 0.5) is 0 Å². The van der Waals surface area contributed by atoms with E-state index in [-0.39, 0.29) is 0 Å². The molecule has 0 saturated heterocycles. The third-order valence-corrected chi connectivity index (χ3v) is 6.17. The fourth-order valence-corrected chi connectivity index (χ4v) is 3.56. The van der Waals surface area contributed by atoms with Gasteiger partial charge in [-0.3, -0.25) is 0 Å². The van der Waals surface area contributed by atoms with Crippen molar-refractivity contribution in [2.24, 2.45) is 0 Å². The Morgan fingerprint density at radius 3 is 1.88 bits per heavy atom. The van der Waals surface area contributed by atoms with Crippen molar-refractivity contribution in [2.75, 3.05) is 0 Å². The van der Waals surface area contributed by atoms with Crippen LogP contribution >= 0.6 is 17.0 Å². The van der Waals surface area contributed by atoms with Gasteiger partial charge in [-0.1, -0.05) is 0 Å². The molecule has 0 aromatic carbocycles. The van der Waals surface area contributed by atoms with Crippen LogP contribution in [0.3, 0.4) is 0 Å². The summed E-state index contributed by atoms with van der Waals surface area (Å²) in [6.45, 7) is 0. The first-order chi connectivity index (χ1) is 3.80. The molecule has 0 radical (unpaired) electrons. The van der Waals surface area contributed by atoms with Crippen LogP contribution in [0.15, 0.2) is 24.3 Å². The van der Waals surface area contributed by atoms with Gasteiger partial charge in [-0.2, -0.15) is 0 Å². The summed E-state index contributed by atoms with van der Waals surface area (Å²) in [6, 6.07) is 0. The number of hydrogen-bond acceptors (Lipinski definition) is 0. The molecule has 0 saturated carbocycles. The summed E-state index contributed by atoms with van der Waals surface area (Å²) in [7, 11) is 11.5. The Labute approximate surface area is 63.9 Å². The maximum absolute atomic E-state index is 5.74. The van der Waals surface area contributed by atoms with E-state index in [9.17, 15) is 0 Å². The van der Waals surface area contributed by atoms with Gasteiger partial charge < -0.3 is 0 Å². The van der Waals surface area contributed by atoms with Gasteiger partial charge in [0.2, 0.25) is 0 Å². The van der Waals surface area contributed by atoms with Crippen LogP contribution in [0.25, 0.3) is 0 Å². The average Bonchev–Trinajstić information content (AvgIpc) is 2.12. The Kier molecular flexibility index (Phi) is 2.82. The average molecular weight is 227 g/mol. The molecule has 0 heterocycles. The van der Waals surface area contributed by atoms with Crippen LogP contribution in [0.5, 0.6) is 0 Å². The monoisotopic (exact) mass is 225 g/mol. The van der Waals surface area contributed by atoms with Crippen molar-refractivity contribution in [2.45, 2.75) is 3.63 Å². The molecule has 1 rings (SSSR count). The molecule has 0 unspecified atom stereocenters. The van der Waals surface area contributed by atoms with Gasteiger partial charge in [-0.05, 0) is 0 Å². The van der Waals surface area contributed by atoms with Crippen molar-refractivity contribution in [1.29, 1.82) is 0 Å². The van der Waals surface area contributed by atoms with Crippen LogP contribution in [-0.4, -0.2) is 0 Å². The summed E-state index contributed by atoms with van der Waals surface area (Å²) in [5.74, 6) is 0. The molecule has 0 N–H and O–H groups in total. The topological polar surface area (TPSA) is 0 Å². The molecular weight excluding hydrogens is 222 g/mol. The van der Waals surface area contributed by atoms with Crippen LogP contribution < -0.4 is 0 Å². The van der Waals surface area contributed by atoms with Gasteiger partial charge in [0.1, 0.15) is 0 Å². The SMILES string of the molecule is [Cl][Zr]([Cl])[CH]1C=CC=C1. The van der Waals surface area contributed by atoms with Crippen molar-refractivity contribution in [3.8, 4) is 0 Å². The summed E-state index contributed by atoms with van der Waals surface area (Å²) >= 11 is -1.94. The molecule has 1 aliphatic rings. The van der Waals surface area contributed by atoms with E-state index in [0.717, 1.165) is 0 Å². The van der Waals surface area contributed by atoms with E-state index < -0.39 is 19.4 Å². The van der Waals surface area contributed by atoms with Crippen LogP contribution in [0, 0.1) is 0 Å². The summed E-state index contributed by atoms with van der Waals surface area (Å²) in [5, 5.41) is 0. The van der Waals surface area contributed by atoms with Gasteiger partial charge >= 0.3 is 64.3 Å². The molecule has 0 atom stereocenters. The number of hydrogen-bond donors (Lipinski definition) is 0. The van der Waals surface area contributed by atoms with Crippen molar-refractivity contribution in [3.05, 3.63) is 24.3 Å². The van der Waals surface area contributed by atoms with E-state index in [2.05, 4.69) is 12.2 Å². The number of rotatable bonds is 1. The Balaban J connectivity index is 2.49. The molecule has 0 fully saturated rings. The summed E-state index contributed by atoms with van der Waals surface area (Å²) < 4.78 is 0.431. The zero-order valence-electron chi connectivity index (χ0n) is 4.14. The summed E-state index contributed by atoms with van der Waals surface area (Å²) in [4.78, 5) is 0. The quantitative estimate of drug-likeness (QED) is 0.646. The van der Waals surface area contributed by atoms with Crippen molar-refractivity contribution in [1.82, 2.24) is 0 Å². The molecule has 1 aliphatic carbocycles. The fourth-order valence-electron chi connectivity index (χ4n) is 0.577. The predicted octanol–water partition coefficient (Wildman–Crippen LogP) is 2.83. The second-order valence-corrected chi connectivity index (χ2v) is 10.6. The van der Waals surface area contributed by atoms with Crippen LogP contribution in [0.2, 0.25) is 3.63 Å².